The van der Waals surface area contributed by atoms with Crippen LogP contribution >= 0.6 is 0 Å². The molecule has 11 heteroatoms. The van der Waals surface area contributed by atoms with E-state index < -0.39 is 17.2 Å². The number of hydrogen-bond donors (Lipinski definition) is 2. The van der Waals surface area contributed by atoms with Crippen molar-refractivity contribution in [2.75, 3.05) is 17.7 Å². The van der Waals surface area contributed by atoms with Crippen molar-refractivity contribution in [1.82, 2.24) is 19.7 Å². The van der Waals surface area contributed by atoms with Crippen LogP contribution in [0, 0.1) is 5.82 Å². The van der Waals surface area contributed by atoms with Gasteiger partial charge in [-0.05, 0) is 30.7 Å². The van der Waals surface area contributed by atoms with Crippen LogP contribution in [-0.4, -0.2) is 32.6 Å². The third-order valence-electron chi connectivity index (χ3n) is 4.78. The average molecular weight is 430 g/mol. The van der Waals surface area contributed by atoms with Gasteiger partial charge in [0.2, 0.25) is 17.6 Å². The van der Waals surface area contributed by atoms with Gasteiger partial charge in [-0.2, -0.15) is 4.98 Å². The summed E-state index contributed by atoms with van der Waals surface area (Å²) in [4.78, 5) is 44.5. The van der Waals surface area contributed by atoms with Crippen molar-refractivity contribution >= 4 is 17.4 Å². The summed E-state index contributed by atoms with van der Waals surface area (Å²) in [7, 11) is 1.41. The molecule has 10 nitrogen and oxygen atoms in total. The van der Waals surface area contributed by atoms with Crippen molar-refractivity contribution in [2.24, 2.45) is 0 Å². The fourth-order valence-electron chi connectivity index (χ4n) is 3.02. The highest BCUT2D eigenvalue weighted by atomic mass is 19.1. The third kappa shape index (κ3) is 4.87. The summed E-state index contributed by atoms with van der Waals surface area (Å²) in [5.41, 5.74) is 5.18. The summed E-state index contributed by atoms with van der Waals surface area (Å²) >= 11 is 0. The Morgan fingerprint density at radius 2 is 2.00 bits per heavy atom. The number of nitrogen functional groups attached to an aromatic ring is 1. The van der Waals surface area contributed by atoms with Crippen LogP contribution in [-0.2, 0) is 17.8 Å². The molecule has 0 aliphatic carbocycles. The van der Waals surface area contributed by atoms with Crippen LogP contribution in [0.15, 0.2) is 38.4 Å². The van der Waals surface area contributed by atoms with E-state index in [1.807, 2.05) is 6.92 Å². The van der Waals surface area contributed by atoms with Crippen LogP contribution in [0.2, 0.25) is 0 Å². The zero-order chi connectivity index (χ0) is 22.5. The largest absolute Gasteiger partial charge is 0.383 e. The molecular formula is C20H23FN6O4. The van der Waals surface area contributed by atoms with E-state index >= 15 is 0 Å². The minimum atomic E-state index is -0.734. The molecule has 0 aliphatic heterocycles. The number of anilines is 2. The smallest absolute Gasteiger partial charge is 0.330 e. The first-order valence-electron chi connectivity index (χ1n) is 9.79. The molecule has 3 rings (SSSR count). The predicted molar refractivity (Wildman–Crippen MR) is 112 cm³/mol. The van der Waals surface area contributed by atoms with E-state index in [0.717, 1.165) is 11.3 Å². The molecular weight excluding hydrogens is 407 g/mol. The van der Waals surface area contributed by atoms with Gasteiger partial charge in [0.15, 0.2) is 5.69 Å². The summed E-state index contributed by atoms with van der Waals surface area (Å²) in [5.74, 6) is -0.361. The molecule has 0 spiro atoms. The Hall–Kier alpha value is -3.76. The topological polar surface area (TPSA) is 140 Å². The second-order valence-corrected chi connectivity index (χ2v) is 6.97. The SMILES string of the molecule is CCCCn1c(N)c(N(C)C(=O)CCc2nc(-c3ccc(F)cc3)no2)c(=O)[nH]c1=O. The molecule has 0 radical (unpaired) electrons. The molecule has 0 unspecified atom stereocenters. The van der Waals surface area contributed by atoms with Gasteiger partial charge in [-0.3, -0.25) is 19.1 Å². The van der Waals surface area contributed by atoms with Gasteiger partial charge >= 0.3 is 5.69 Å². The lowest BCUT2D eigenvalue weighted by atomic mass is 10.2. The number of nitrogens with zero attached hydrogens (tertiary/aromatic N) is 4. The number of aryl methyl sites for hydroxylation is 1. The van der Waals surface area contributed by atoms with Crippen molar-refractivity contribution in [3.05, 3.63) is 56.8 Å². The van der Waals surface area contributed by atoms with E-state index in [9.17, 15) is 18.8 Å². The lowest BCUT2D eigenvalue weighted by Gasteiger charge is -2.20. The summed E-state index contributed by atoms with van der Waals surface area (Å²) in [6.45, 7) is 2.30. The van der Waals surface area contributed by atoms with Crippen LogP contribution in [0.4, 0.5) is 15.9 Å². The zero-order valence-corrected chi connectivity index (χ0v) is 17.2. The molecule has 0 atom stereocenters. The molecule has 2 heterocycles. The lowest BCUT2D eigenvalue weighted by Crippen LogP contribution is -2.39. The number of aromatic amines is 1. The van der Waals surface area contributed by atoms with Gasteiger partial charge in [-0.15, -0.1) is 0 Å². The van der Waals surface area contributed by atoms with Crippen LogP contribution < -0.4 is 21.9 Å². The standard InChI is InChI=1S/C20H23FN6O4/c1-3-4-11-27-17(22)16(19(29)24-20(27)30)26(2)15(28)10-9-14-23-18(25-31-14)12-5-7-13(21)8-6-12/h5-8H,3-4,9-11,22H2,1-2H3,(H,24,29,30). The fraction of sp³-hybridized carbons (Fsp3) is 0.350. The van der Waals surface area contributed by atoms with Gasteiger partial charge in [-0.25, -0.2) is 9.18 Å². The number of nitrogens with two attached hydrogens (primary N) is 1. The zero-order valence-electron chi connectivity index (χ0n) is 17.2. The van der Waals surface area contributed by atoms with E-state index in [1.165, 1.54) is 35.9 Å². The van der Waals surface area contributed by atoms with E-state index in [-0.39, 0.29) is 41.9 Å². The predicted octanol–water partition coefficient (Wildman–Crippen LogP) is 1.70. The minimum absolute atomic E-state index is 0.0332. The number of benzene rings is 1. The Morgan fingerprint density at radius 3 is 2.68 bits per heavy atom. The van der Waals surface area contributed by atoms with Crippen molar-refractivity contribution < 1.29 is 13.7 Å². The number of carbonyl (C=O) groups is 1. The highest BCUT2D eigenvalue weighted by Gasteiger charge is 2.21. The normalized spacial score (nSPS) is 10.9. The van der Waals surface area contributed by atoms with E-state index in [2.05, 4.69) is 15.1 Å². The van der Waals surface area contributed by atoms with Crippen LogP contribution in [0.3, 0.4) is 0 Å². The Bertz CT molecular complexity index is 1180. The summed E-state index contributed by atoms with van der Waals surface area (Å²) in [6.07, 6.45) is 1.62. The molecule has 1 amide bonds. The quantitative estimate of drug-likeness (QED) is 0.554. The van der Waals surface area contributed by atoms with Gasteiger partial charge in [0, 0.05) is 32.0 Å². The number of nitrogens with one attached hydrogen (secondary N) is 1. The molecule has 1 aromatic carbocycles. The lowest BCUT2D eigenvalue weighted by molar-refractivity contribution is -0.118. The molecule has 0 fully saturated rings. The fourth-order valence-corrected chi connectivity index (χ4v) is 3.02. The average Bonchev–Trinajstić information content (AvgIpc) is 3.21. The molecule has 0 bridgehead atoms. The van der Waals surface area contributed by atoms with Crippen molar-refractivity contribution in [1.29, 1.82) is 0 Å². The number of amides is 1. The molecule has 0 saturated heterocycles. The second-order valence-electron chi connectivity index (χ2n) is 6.97. The number of rotatable bonds is 8. The number of aromatic nitrogens is 4. The van der Waals surface area contributed by atoms with E-state index in [0.29, 0.717) is 18.5 Å². The van der Waals surface area contributed by atoms with Gasteiger partial charge in [-0.1, -0.05) is 18.5 Å². The Balaban J connectivity index is 1.72. The highest BCUT2D eigenvalue weighted by Crippen LogP contribution is 2.19. The van der Waals surface area contributed by atoms with Gasteiger partial charge in [0.25, 0.3) is 5.56 Å². The number of halogens is 1. The van der Waals surface area contributed by atoms with Gasteiger partial charge in [0.05, 0.1) is 0 Å². The highest BCUT2D eigenvalue weighted by molar-refractivity contribution is 5.95. The summed E-state index contributed by atoms with van der Waals surface area (Å²) in [5, 5.41) is 3.83. The number of hydrogen-bond acceptors (Lipinski definition) is 7. The van der Waals surface area contributed by atoms with Crippen LogP contribution in [0.1, 0.15) is 32.1 Å². The van der Waals surface area contributed by atoms with Crippen molar-refractivity contribution in [3.63, 3.8) is 0 Å². The Kier molecular flexibility index (Phi) is 6.63. The third-order valence-corrected chi connectivity index (χ3v) is 4.78. The van der Waals surface area contributed by atoms with Gasteiger partial charge in [0.1, 0.15) is 11.6 Å². The molecule has 2 aromatic heterocycles. The second kappa shape index (κ2) is 9.37. The molecule has 0 saturated carbocycles. The van der Waals surface area contributed by atoms with Crippen molar-refractivity contribution in [3.8, 4) is 11.4 Å². The van der Waals surface area contributed by atoms with Crippen LogP contribution in [0.5, 0.6) is 0 Å². The van der Waals surface area contributed by atoms with Crippen LogP contribution in [0.25, 0.3) is 11.4 Å². The monoisotopic (exact) mass is 430 g/mol. The summed E-state index contributed by atoms with van der Waals surface area (Å²) in [6, 6.07) is 5.61. The Morgan fingerprint density at radius 1 is 1.29 bits per heavy atom. The molecule has 31 heavy (non-hydrogen) atoms. The molecule has 164 valence electrons. The maximum Gasteiger partial charge on any atom is 0.330 e. The van der Waals surface area contributed by atoms with Crippen molar-refractivity contribution in [2.45, 2.75) is 39.2 Å². The number of unbranched alkanes of at least 4 members (excludes halogenated alkanes) is 1. The van der Waals surface area contributed by atoms with E-state index in [1.54, 1.807) is 0 Å². The number of carbonyl (C=O) groups excluding carboxylic acids is 1. The first kappa shape index (κ1) is 21.9. The van der Waals surface area contributed by atoms with Gasteiger partial charge < -0.3 is 15.2 Å². The van der Waals surface area contributed by atoms with E-state index in [4.69, 9.17) is 10.3 Å². The maximum absolute atomic E-state index is 13.0. The first-order valence-corrected chi connectivity index (χ1v) is 9.79. The minimum Gasteiger partial charge on any atom is -0.383 e. The molecule has 3 N–H and O–H groups in total. The molecule has 3 aromatic rings. The first-order chi connectivity index (χ1) is 14.8. The maximum atomic E-state index is 13.0. The number of H-pyrrole nitrogens is 1. The molecule has 0 aliphatic rings. The summed E-state index contributed by atoms with van der Waals surface area (Å²) < 4.78 is 19.4. The Labute approximate surface area is 176 Å².